The van der Waals surface area contributed by atoms with E-state index in [1.807, 2.05) is 13.8 Å². The highest BCUT2D eigenvalue weighted by atomic mass is 16.6. The first-order valence-electron chi connectivity index (χ1n) is 3.30. The van der Waals surface area contributed by atoms with Gasteiger partial charge in [-0.25, -0.2) is 4.57 Å². The van der Waals surface area contributed by atoms with Crippen molar-refractivity contribution in [2.24, 2.45) is 0 Å². The van der Waals surface area contributed by atoms with Crippen molar-refractivity contribution in [3.05, 3.63) is 22.5 Å². The highest BCUT2D eigenvalue weighted by Crippen LogP contribution is 2.13. The second kappa shape index (κ2) is 2.69. The predicted octanol–water partition coefficient (Wildman–Crippen LogP) is 1.37. The predicted molar refractivity (Wildman–Crippen MR) is 39.3 cm³/mol. The third-order valence-corrected chi connectivity index (χ3v) is 1.37. The van der Waals surface area contributed by atoms with Gasteiger partial charge in [-0.1, -0.05) is 4.98 Å². The van der Waals surface area contributed by atoms with E-state index in [9.17, 15) is 10.1 Å². The Bertz CT molecular complexity index is 267. The normalized spacial score (nSPS) is 10.5. The summed E-state index contributed by atoms with van der Waals surface area (Å²) in [4.78, 5) is 13.4. The van der Waals surface area contributed by atoms with E-state index in [1.54, 1.807) is 6.20 Å². The van der Waals surface area contributed by atoms with E-state index in [0.29, 0.717) is 0 Å². The summed E-state index contributed by atoms with van der Waals surface area (Å²) in [5.41, 5.74) is 0. The first-order chi connectivity index (χ1) is 5.13. The summed E-state index contributed by atoms with van der Waals surface area (Å²) in [6, 6.07) is 0.0814. The molecule has 0 amide bonds. The van der Waals surface area contributed by atoms with Gasteiger partial charge < -0.3 is 10.1 Å². The average molecular weight is 155 g/mol. The molecule has 11 heavy (non-hydrogen) atoms. The van der Waals surface area contributed by atoms with Crippen LogP contribution < -0.4 is 0 Å². The van der Waals surface area contributed by atoms with Gasteiger partial charge in [0.25, 0.3) is 0 Å². The molecule has 1 rings (SSSR count). The minimum absolute atomic E-state index is 0.0814. The van der Waals surface area contributed by atoms with Crippen LogP contribution >= 0.6 is 0 Å². The summed E-state index contributed by atoms with van der Waals surface area (Å²) < 4.78 is 1.51. The Balaban J connectivity index is 3.06. The highest BCUT2D eigenvalue weighted by Gasteiger charge is 2.15. The van der Waals surface area contributed by atoms with Crippen LogP contribution in [0.3, 0.4) is 0 Å². The molecular weight excluding hydrogens is 146 g/mol. The van der Waals surface area contributed by atoms with Crippen LogP contribution in [-0.2, 0) is 0 Å². The molecule has 0 saturated carbocycles. The van der Waals surface area contributed by atoms with Crippen LogP contribution in [0.2, 0.25) is 0 Å². The number of nitro groups is 1. The third kappa shape index (κ3) is 1.36. The quantitative estimate of drug-likeness (QED) is 0.478. The second-order valence-electron chi connectivity index (χ2n) is 2.49. The van der Waals surface area contributed by atoms with Gasteiger partial charge in [0, 0.05) is 0 Å². The summed E-state index contributed by atoms with van der Waals surface area (Å²) in [7, 11) is 0. The number of rotatable bonds is 2. The summed E-state index contributed by atoms with van der Waals surface area (Å²) in [6.07, 6.45) is 3.03. The van der Waals surface area contributed by atoms with E-state index in [1.165, 1.54) is 10.8 Å². The maximum atomic E-state index is 10.3. The molecule has 0 aliphatic rings. The smallest absolute Gasteiger partial charge is 0.390 e. The zero-order chi connectivity index (χ0) is 8.43. The highest BCUT2D eigenvalue weighted by molar-refractivity contribution is 5.07. The molecule has 1 aromatic heterocycles. The van der Waals surface area contributed by atoms with E-state index < -0.39 is 4.92 Å². The zero-order valence-electron chi connectivity index (χ0n) is 6.39. The van der Waals surface area contributed by atoms with Gasteiger partial charge in [0.1, 0.15) is 12.4 Å². The fourth-order valence-electron chi connectivity index (χ4n) is 0.850. The molecule has 0 fully saturated rings. The Labute approximate surface area is 63.8 Å². The minimum Gasteiger partial charge on any atom is -0.390 e. The molecule has 5 heteroatoms. The van der Waals surface area contributed by atoms with Crippen molar-refractivity contribution in [3.63, 3.8) is 0 Å². The Morgan fingerprint density at radius 2 is 2.36 bits per heavy atom. The van der Waals surface area contributed by atoms with Crippen LogP contribution in [0.4, 0.5) is 5.95 Å². The van der Waals surface area contributed by atoms with Crippen molar-refractivity contribution in [3.8, 4) is 0 Å². The molecule has 0 spiro atoms. The fraction of sp³-hybridized carbons (Fsp3) is 0.500. The lowest BCUT2D eigenvalue weighted by Gasteiger charge is -2.02. The lowest BCUT2D eigenvalue weighted by Crippen LogP contribution is -2.04. The number of hydrogen-bond donors (Lipinski definition) is 0. The van der Waals surface area contributed by atoms with Gasteiger partial charge in [-0.05, 0) is 18.8 Å². The molecule has 0 aliphatic carbocycles. The van der Waals surface area contributed by atoms with Gasteiger partial charge in [0.2, 0.25) is 0 Å². The second-order valence-corrected chi connectivity index (χ2v) is 2.49. The molecule has 0 aromatic carbocycles. The lowest BCUT2D eigenvalue weighted by atomic mass is 10.4. The molecule has 1 heterocycles. The van der Waals surface area contributed by atoms with Crippen LogP contribution in [0.5, 0.6) is 0 Å². The third-order valence-electron chi connectivity index (χ3n) is 1.37. The number of hydrogen-bond acceptors (Lipinski definition) is 3. The molecule has 60 valence electrons. The van der Waals surface area contributed by atoms with Gasteiger partial charge in [-0.2, -0.15) is 0 Å². The van der Waals surface area contributed by atoms with E-state index in [0.717, 1.165) is 0 Å². The van der Waals surface area contributed by atoms with E-state index in [4.69, 9.17) is 0 Å². The van der Waals surface area contributed by atoms with Crippen molar-refractivity contribution in [2.45, 2.75) is 19.9 Å². The van der Waals surface area contributed by atoms with Crippen molar-refractivity contribution >= 4 is 5.95 Å². The van der Waals surface area contributed by atoms with E-state index in [2.05, 4.69) is 4.98 Å². The summed E-state index contributed by atoms with van der Waals surface area (Å²) in [5.74, 6) is -0.0972. The topological polar surface area (TPSA) is 61.0 Å². The Kier molecular flexibility index (Phi) is 1.89. The van der Waals surface area contributed by atoms with Gasteiger partial charge in [0.15, 0.2) is 0 Å². The van der Waals surface area contributed by atoms with Crippen molar-refractivity contribution < 1.29 is 4.92 Å². The maximum absolute atomic E-state index is 10.3. The molecule has 0 bridgehead atoms. The van der Waals surface area contributed by atoms with E-state index in [-0.39, 0.29) is 12.0 Å². The fourth-order valence-corrected chi connectivity index (χ4v) is 0.850. The number of imidazole rings is 1. The molecule has 1 aromatic rings. The first kappa shape index (κ1) is 7.71. The Morgan fingerprint density at radius 1 is 1.73 bits per heavy atom. The zero-order valence-corrected chi connectivity index (χ0v) is 6.39. The van der Waals surface area contributed by atoms with Crippen molar-refractivity contribution in [1.82, 2.24) is 9.55 Å². The van der Waals surface area contributed by atoms with Crippen molar-refractivity contribution in [1.29, 1.82) is 0 Å². The molecule has 0 N–H and O–H groups in total. The monoisotopic (exact) mass is 155 g/mol. The maximum Gasteiger partial charge on any atom is 0.434 e. The average Bonchev–Trinajstić information content (AvgIpc) is 2.32. The SMILES string of the molecule is CC(C)n1ccnc1[N+](=O)[O-]. The first-order valence-corrected chi connectivity index (χ1v) is 3.30. The van der Waals surface area contributed by atoms with Crippen molar-refractivity contribution in [2.75, 3.05) is 0 Å². The number of aromatic nitrogens is 2. The molecule has 0 atom stereocenters. The van der Waals surface area contributed by atoms with Gasteiger partial charge in [-0.15, -0.1) is 0 Å². The van der Waals surface area contributed by atoms with Crippen LogP contribution in [-0.4, -0.2) is 14.5 Å². The summed E-state index contributed by atoms with van der Waals surface area (Å²) in [6.45, 7) is 3.74. The molecule has 0 aliphatic heterocycles. The summed E-state index contributed by atoms with van der Waals surface area (Å²) in [5, 5.41) is 10.3. The summed E-state index contributed by atoms with van der Waals surface area (Å²) >= 11 is 0. The lowest BCUT2D eigenvalue weighted by molar-refractivity contribution is -0.397. The van der Waals surface area contributed by atoms with Gasteiger partial charge >= 0.3 is 5.95 Å². The van der Waals surface area contributed by atoms with Crippen LogP contribution in [0, 0.1) is 10.1 Å². The minimum atomic E-state index is -0.486. The Morgan fingerprint density at radius 3 is 2.73 bits per heavy atom. The molecule has 0 unspecified atom stereocenters. The van der Waals surface area contributed by atoms with Crippen LogP contribution in [0.15, 0.2) is 12.4 Å². The largest absolute Gasteiger partial charge is 0.434 e. The Hall–Kier alpha value is -1.39. The van der Waals surface area contributed by atoms with Crippen LogP contribution in [0.1, 0.15) is 19.9 Å². The standard InChI is InChI=1S/C6H9N3O2/c1-5(2)8-4-3-7-6(8)9(10)11/h3-5H,1-2H3. The molecule has 0 saturated heterocycles. The molecular formula is C6H9N3O2. The molecule has 5 nitrogen and oxygen atoms in total. The van der Waals surface area contributed by atoms with Gasteiger partial charge in [-0.3, -0.25) is 0 Å². The number of nitrogens with zero attached hydrogens (tertiary/aromatic N) is 3. The molecule has 0 radical (unpaired) electrons. The van der Waals surface area contributed by atoms with Crippen LogP contribution in [0.25, 0.3) is 0 Å². The van der Waals surface area contributed by atoms with E-state index >= 15 is 0 Å². The van der Waals surface area contributed by atoms with Gasteiger partial charge in [0.05, 0.1) is 6.04 Å².